The summed E-state index contributed by atoms with van der Waals surface area (Å²) in [5.41, 5.74) is 2.09. The summed E-state index contributed by atoms with van der Waals surface area (Å²) in [5, 5.41) is 3.45. The van der Waals surface area contributed by atoms with Gasteiger partial charge in [0.05, 0.1) is 12.6 Å². The van der Waals surface area contributed by atoms with Crippen LogP contribution in [0.15, 0.2) is 43.0 Å². The summed E-state index contributed by atoms with van der Waals surface area (Å²) in [4.78, 5) is 8.21. The second-order valence-electron chi connectivity index (χ2n) is 4.54. The topological polar surface area (TPSA) is 56.3 Å². The summed E-state index contributed by atoms with van der Waals surface area (Å²) >= 11 is 0. The highest BCUT2D eigenvalue weighted by Crippen LogP contribution is 2.29. The maximum atomic E-state index is 5.82. The highest BCUT2D eigenvalue weighted by molar-refractivity contribution is 5.40. The van der Waals surface area contributed by atoms with Gasteiger partial charge in [0.2, 0.25) is 0 Å². The van der Waals surface area contributed by atoms with Gasteiger partial charge in [-0.25, -0.2) is 9.97 Å². The minimum absolute atomic E-state index is 0.00921. The van der Waals surface area contributed by atoms with Gasteiger partial charge in [-0.3, -0.25) is 0 Å². The maximum absolute atomic E-state index is 5.82. The predicted molar refractivity (Wildman–Crippen MR) is 81.4 cm³/mol. The molecule has 0 aliphatic rings. The Labute approximate surface area is 125 Å². The molecule has 0 spiro atoms. The molecule has 0 saturated heterocycles. The lowest BCUT2D eigenvalue weighted by atomic mass is 10.00. The van der Waals surface area contributed by atoms with Gasteiger partial charge in [0, 0.05) is 30.6 Å². The van der Waals surface area contributed by atoms with Crippen molar-refractivity contribution in [3.05, 3.63) is 54.1 Å². The van der Waals surface area contributed by atoms with E-state index in [1.54, 1.807) is 7.11 Å². The van der Waals surface area contributed by atoms with E-state index < -0.39 is 0 Å². The van der Waals surface area contributed by atoms with E-state index in [0.717, 1.165) is 23.4 Å². The van der Waals surface area contributed by atoms with E-state index >= 15 is 0 Å². The largest absolute Gasteiger partial charge is 0.491 e. The molecule has 5 nitrogen and oxygen atoms in total. The van der Waals surface area contributed by atoms with E-state index in [9.17, 15) is 0 Å². The van der Waals surface area contributed by atoms with Gasteiger partial charge < -0.3 is 14.8 Å². The zero-order valence-electron chi connectivity index (χ0n) is 12.5. The minimum Gasteiger partial charge on any atom is -0.491 e. The number of rotatable bonds is 8. The number of nitrogens with zero attached hydrogens (tertiary/aromatic N) is 2. The first kappa shape index (κ1) is 15.4. The molecule has 1 aromatic carbocycles. The van der Waals surface area contributed by atoms with Crippen LogP contribution in [0.1, 0.15) is 24.1 Å². The normalized spacial score (nSPS) is 12.1. The zero-order valence-corrected chi connectivity index (χ0v) is 12.5. The van der Waals surface area contributed by atoms with Gasteiger partial charge in [0.1, 0.15) is 18.7 Å². The van der Waals surface area contributed by atoms with E-state index in [0.29, 0.717) is 13.2 Å². The Bertz CT molecular complexity index is 534. The predicted octanol–water partition coefficient (Wildman–Crippen LogP) is 2.20. The zero-order chi connectivity index (χ0) is 14.9. The molecule has 2 rings (SSSR count). The first-order valence-corrected chi connectivity index (χ1v) is 7.05. The fourth-order valence-electron chi connectivity index (χ4n) is 2.16. The molecule has 0 fully saturated rings. The Morgan fingerprint density at radius 1 is 1.14 bits per heavy atom. The summed E-state index contributed by atoms with van der Waals surface area (Å²) in [6.07, 6.45) is 5.19. The highest BCUT2D eigenvalue weighted by atomic mass is 16.5. The van der Waals surface area contributed by atoms with Crippen LogP contribution >= 0.6 is 0 Å². The monoisotopic (exact) mass is 287 g/mol. The Morgan fingerprint density at radius 2 is 1.90 bits per heavy atom. The Kier molecular flexibility index (Phi) is 6.12. The van der Waals surface area contributed by atoms with E-state index in [4.69, 9.17) is 9.47 Å². The van der Waals surface area contributed by atoms with Crippen LogP contribution < -0.4 is 10.1 Å². The van der Waals surface area contributed by atoms with Gasteiger partial charge in [-0.05, 0) is 12.6 Å². The Morgan fingerprint density at radius 3 is 2.62 bits per heavy atom. The van der Waals surface area contributed by atoms with Crippen LogP contribution in [0.3, 0.4) is 0 Å². The van der Waals surface area contributed by atoms with Gasteiger partial charge in [-0.2, -0.15) is 0 Å². The molecule has 0 aliphatic heterocycles. The summed E-state index contributed by atoms with van der Waals surface area (Å²) < 4.78 is 10.9. The summed E-state index contributed by atoms with van der Waals surface area (Å²) in [6, 6.07) is 8.01. The third kappa shape index (κ3) is 4.24. The number of hydrogen-bond acceptors (Lipinski definition) is 5. The average molecular weight is 287 g/mol. The number of para-hydroxylation sites is 1. The molecule has 0 radical (unpaired) electrons. The lowest BCUT2D eigenvalue weighted by Crippen LogP contribution is -2.23. The van der Waals surface area contributed by atoms with Crippen molar-refractivity contribution in [2.75, 3.05) is 26.9 Å². The minimum atomic E-state index is 0.00921. The van der Waals surface area contributed by atoms with Crippen molar-refractivity contribution >= 4 is 0 Å². The molecule has 0 bridgehead atoms. The average Bonchev–Trinajstić information content (AvgIpc) is 2.54. The molecule has 1 aromatic heterocycles. The van der Waals surface area contributed by atoms with Crippen molar-refractivity contribution in [1.29, 1.82) is 0 Å². The van der Waals surface area contributed by atoms with E-state index in [-0.39, 0.29) is 6.04 Å². The number of aromatic nitrogens is 2. The van der Waals surface area contributed by atoms with Crippen LogP contribution in [-0.4, -0.2) is 36.8 Å². The standard InChI is InChI=1S/C16H21N3O2/c1-3-19-16(13-10-17-12-18-11-13)14-6-4-5-7-15(14)21-9-8-20-2/h4-7,10-12,16,19H,3,8-9H2,1-2H3. The number of ether oxygens (including phenoxy) is 2. The van der Waals surface area contributed by atoms with Crippen LogP contribution in [0.5, 0.6) is 5.75 Å². The molecule has 1 N–H and O–H groups in total. The quantitative estimate of drug-likeness (QED) is 0.754. The lowest BCUT2D eigenvalue weighted by molar-refractivity contribution is 0.145. The van der Waals surface area contributed by atoms with Crippen molar-refractivity contribution < 1.29 is 9.47 Å². The molecule has 1 unspecified atom stereocenters. The molecule has 0 saturated carbocycles. The smallest absolute Gasteiger partial charge is 0.124 e. The second kappa shape index (κ2) is 8.34. The first-order valence-electron chi connectivity index (χ1n) is 7.05. The number of nitrogens with one attached hydrogen (secondary N) is 1. The van der Waals surface area contributed by atoms with E-state index in [1.165, 1.54) is 6.33 Å². The molecule has 5 heteroatoms. The lowest BCUT2D eigenvalue weighted by Gasteiger charge is -2.21. The van der Waals surface area contributed by atoms with Gasteiger partial charge in [0.15, 0.2) is 0 Å². The number of hydrogen-bond donors (Lipinski definition) is 1. The highest BCUT2D eigenvalue weighted by Gasteiger charge is 2.17. The fraction of sp³-hybridized carbons (Fsp3) is 0.375. The molecular weight excluding hydrogens is 266 g/mol. The Hall–Kier alpha value is -1.98. The Balaban J connectivity index is 2.27. The van der Waals surface area contributed by atoms with Gasteiger partial charge in [0.25, 0.3) is 0 Å². The van der Waals surface area contributed by atoms with Gasteiger partial charge >= 0.3 is 0 Å². The number of benzene rings is 1. The van der Waals surface area contributed by atoms with Crippen molar-refractivity contribution in [2.45, 2.75) is 13.0 Å². The van der Waals surface area contributed by atoms with Crippen molar-refractivity contribution in [2.24, 2.45) is 0 Å². The third-order valence-electron chi connectivity index (χ3n) is 3.10. The molecule has 112 valence electrons. The van der Waals surface area contributed by atoms with Crippen molar-refractivity contribution in [1.82, 2.24) is 15.3 Å². The molecule has 21 heavy (non-hydrogen) atoms. The first-order chi connectivity index (χ1) is 10.4. The third-order valence-corrected chi connectivity index (χ3v) is 3.10. The summed E-state index contributed by atoms with van der Waals surface area (Å²) in [5.74, 6) is 0.851. The second-order valence-corrected chi connectivity index (χ2v) is 4.54. The number of methoxy groups -OCH3 is 1. The van der Waals surface area contributed by atoms with Gasteiger partial charge in [-0.15, -0.1) is 0 Å². The van der Waals surface area contributed by atoms with Crippen LogP contribution in [0, 0.1) is 0 Å². The molecule has 1 atom stereocenters. The van der Waals surface area contributed by atoms with Gasteiger partial charge in [-0.1, -0.05) is 25.1 Å². The van der Waals surface area contributed by atoms with E-state index in [1.807, 2.05) is 30.6 Å². The molecular formula is C16H21N3O2. The molecule has 1 heterocycles. The van der Waals surface area contributed by atoms with Crippen LogP contribution in [0.25, 0.3) is 0 Å². The fourth-order valence-corrected chi connectivity index (χ4v) is 2.16. The van der Waals surface area contributed by atoms with Crippen LogP contribution in [-0.2, 0) is 4.74 Å². The van der Waals surface area contributed by atoms with Crippen LogP contribution in [0.4, 0.5) is 0 Å². The molecule has 0 amide bonds. The SMILES string of the molecule is CCNC(c1cncnc1)c1ccccc1OCCOC. The molecule has 0 aliphatic carbocycles. The summed E-state index contributed by atoms with van der Waals surface area (Å²) in [6.45, 7) is 4.00. The van der Waals surface area contributed by atoms with E-state index in [2.05, 4.69) is 28.3 Å². The van der Waals surface area contributed by atoms with Crippen LogP contribution in [0.2, 0.25) is 0 Å². The maximum Gasteiger partial charge on any atom is 0.124 e. The van der Waals surface area contributed by atoms with Crippen molar-refractivity contribution in [3.63, 3.8) is 0 Å². The van der Waals surface area contributed by atoms with Crippen molar-refractivity contribution in [3.8, 4) is 5.75 Å². The molecule has 2 aromatic rings. The summed E-state index contributed by atoms with van der Waals surface area (Å²) in [7, 11) is 1.66.